The Hall–Kier alpha value is -4.86. The van der Waals surface area contributed by atoms with Gasteiger partial charge in [-0.05, 0) is 55.0 Å². The predicted octanol–water partition coefficient (Wildman–Crippen LogP) is 2.75. The Morgan fingerprint density at radius 2 is 1.97 bits per heavy atom. The number of amides is 1. The molecule has 6 N–H and O–H groups in total. The minimum atomic E-state index is -0.369. The van der Waals surface area contributed by atoms with Crippen LogP contribution >= 0.6 is 0 Å². The van der Waals surface area contributed by atoms with E-state index in [1.165, 1.54) is 6.20 Å². The zero-order valence-corrected chi connectivity index (χ0v) is 17.6. The smallest absolute Gasteiger partial charge is 0.269 e. The quantitative estimate of drug-likeness (QED) is 0.210. The van der Waals surface area contributed by atoms with E-state index in [2.05, 4.69) is 30.8 Å². The minimum Gasteiger partial charge on any atom is -0.399 e. The summed E-state index contributed by atoms with van der Waals surface area (Å²) in [6.07, 6.45) is 6.77. The summed E-state index contributed by atoms with van der Waals surface area (Å²) in [4.78, 5) is 39.8. The molecule has 0 radical (unpaired) electrons. The fourth-order valence-electron chi connectivity index (χ4n) is 3.60. The molecule has 5 aromatic rings. The highest BCUT2D eigenvalue weighted by molar-refractivity contribution is 5.95. The van der Waals surface area contributed by atoms with Crippen LogP contribution < -0.4 is 22.1 Å². The number of hydrazine groups is 1. The highest BCUT2D eigenvalue weighted by atomic mass is 16.2. The van der Waals surface area contributed by atoms with Gasteiger partial charge in [0.2, 0.25) is 0 Å². The van der Waals surface area contributed by atoms with Gasteiger partial charge in [-0.3, -0.25) is 20.4 Å². The van der Waals surface area contributed by atoms with Crippen molar-refractivity contribution in [1.29, 1.82) is 0 Å². The second kappa shape index (κ2) is 8.00. The van der Waals surface area contributed by atoms with E-state index in [1.807, 2.05) is 29.8 Å². The second-order valence-corrected chi connectivity index (χ2v) is 7.51. The molecule has 0 fully saturated rings. The van der Waals surface area contributed by atoms with Gasteiger partial charge in [-0.15, -0.1) is 0 Å². The Morgan fingerprint density at radius 3 is 2.73 bits per heavy atom. The summed E-state index contributed by atoms with van der Waals surface area (Å²) < 4.78 is 1.89. The van der Waals surface area contributed by atoms with Crippen LogP contribution in [0, 0.1) is 6.92 Å². The molecule has 10 heteroatoms. The van der Waals surface area contributed by atoms with E-state index < -0.39 is 0 Å². The molecule has 3 heterocycles. The van der Waals surface area contributed by atoms with Crippen molar-refractivity contribution in [2.45, 2.75) is 6.92 Å². The first kappa shape index (κ1) is 20.1. The maximum atomic E-state index is 12.7. The highest BCUT2D eigenvalue weighted by Crippen LogP contribution is 2.27. The number of carbonyl (C=O) groups is 1. The molecule has 33 heavy (non-hydrogen) atoms. The van der Waals surface area contributed by atoms with Gasteiger partial charge in [-0.25, -0.2) is 9.97 Å². The molecule has 5 rings (SSSR count). The standard InChI is InChI=1S/C23H20N8O2/c1-13-10-16(31-9-8-25-12-31)11-18-20(13)28-21(27-18)19-17(6-7-26-23(19)33)29-30-22(32)14-2-4-15(24)5-3-14/h2-12H,24H2,1H3,(H,27,28)(H,30,32)(H2,26,29,33). The SMILES string of the molecule is Cc1cc(-n2ccnc2)cc2[nH]c(-c3c(NNC(=O)c4ccc(N)cc4)cc[nH]c3=O)nc12. The van der Waals surface area contributed by atoms with Crippen molar-refractivity contribution >= 4 is 28.3 Å². The summed E-state index contributed by atoms with van der Waals surface area (Å²) in [5, 5.41) is 0. The third-order valence-corrected chi connectivity index (χ3v) is 5.25. The number of benzene rings is 2. The van der Waals surface area contributed by atoms with Gasteiger partial charge in [0.15, 0.2) is 0 Å². The van der Waals surface area contributed by atoms with Gasteiger partial charge in [0.1, 0.15) is 11.4 Å². The highest BCUT2D eigenvalue weighted by Gasteiger charge is 2.17. The lowest BCUT2D eigenvalue weighted by Crippen LogP contribution is -2.30. The number of aromatic amines is 2. The zero-order chi connectivity index (χ0) is 22.9. The van der Waals surface area contributed by atoms with Gasteiger partial charge < -0.3 is 20.3 Å². The first-order chi connectivity index (χ1) is 16.0. The summed E-state index contributed by atoms with van der Waals surface area (Å²) >= 11 is 0. The van der Waals surface area contributed by atoms with Gasteiger partial charge in [-0.1, -0.05) is 0 Å². The predicted molar refractivity (Wildman–Crippen MR) is 126 cm³/mol. The molecule has 0 unspecified atom stereocenters. The van der Waals surface area contributed by atoms with E-state index in [0.29, 0.717) is 22.8 Å². The number of fused-ring (bicyclic) bond motifs is 1. The molecule has 0 aliphatic carbocycles. The lowest BCUT2D eigenvalue weighted by atomic mass is 10.2. The van der Waals surface area contributed by atoms with Crippen molar-refractivity contribution in [3.05, 3.63) is 88.9 Å². The van der Waals surface area contributed by atoms with E-state index >= 15 is 0 Å². The number of pyridine rings is 1. The van der Waals surface area contributed by atoms with Crippen LogP contribution in [0.1, 0.15) is 15.9 Å². The molecule has 10 nitrogen and oxygen atoms in total. The number of carbonyl (C=O) groups excluding carboxylic acids is 1. The number of aromatic nitrogens is 5. The van der Waals surface area contributed by atoms with Crippen molar-refractivity contribution in [2.75, 3.05) is 11.2 Å². The molecule has 0 aliphatic rings. The third kappa shape index (κ3) is 3.81. The largest absolute Gasteiger partial charge is 0.399 e. The number of aryl methyl sites for hydroxylation is 1. The van der Waals surface area contributed by atoms with Crippen LogP contribution in [0.3, 0.4) is 0 Å². The lowest BCUT2D eigenvalue weighted by Gasteiger charge is -2.11. The lowest BCUT2D eigenvalue weighted by molar-refractivity contribution is 0.0962. The zero-order valence-electron chi connectivity index (χ0n) is 17.6. The number of nitrogens with two attached hydrogens (primary N) is 1. The number of anilines is 2. The number of hydrogen-bond donors (Lipinski definition) is 5. The molecule has 0 saturated heterocycles. The number of imidazole rings is 2. The number of nitrogen functional groups attached to an aromatic ring is 1. The van der Waals surface area contributed by atoms with Gasteiger partial charge in [-0.2, -0.15) is 0 Å². The Bertz CT molecular complexity index is 1510. The van der Waals surface area contributed by atoms with E-state index in [0.717, 1.165) is 22.3 Å². The normalized spacial score (nSPS) is 10.9. The van der Waals surface area contributed by atoms with Crippen LogP contribution in [-0.4, -0.2) is 30.4 Å². The Balaban J connectivity index is 1.49. The molecule has 2 aromatic carbocycles. The third-order valence-electron chi connectivity index (χ3n) is 5.25. The summed E-state index contributed by atoms with van der Waals surface area (Å²) in [6, 6.07) is 12.1. The van der Waals surface area contributed by atoms with Crippen LogP contribution in [0.5, 0.6) is 0 Å². The first-order valence-corrected chi connectivity index (χ1v) is 10.1. The van der Waals surface area contributed by atoms with Crippen molar-refractivity contribution in [3.8, 4) is 17.1 Å². The van der Waals surface area contributed by atoms with Crippen LogP contribution in [0.25, 0.3) is 28.1 Å². The van der Waals surface area contributed by atoms with Gasteiger partial charge in [0.25, 0.3) is 11.5 Å². The monoisotopic (exact) mass is 440 g/mol. The molecule has 0 aliphatic heterocycles. The number of hydrogen-bond acceptors (Lipinski definition) is 6. The molecule has 0 atom stereocenters. The maximum Gasteiger partial charge on any atom is 0.269 e. The average molecular weight is 440 g/mol. The molecule has 3 aromatic heterocycles. The van der Waals surface area contributed by atoms with Crippen molar-refractivity contribution < 1.29 is 4.79 Å². The van der Waals surface area contributed by atoms with E-state index in [-0.39, 0.29) is 17.0 Å². The summed E-state index contributed by atoms with van der Waals surface area (Å²) in [7, 11) is 0. The summed E-state index contributed by atoms with van der Waals surface area (Å²) in [5.74, 6) is 0.00798. The van der Waals surface area contributed by atoms with Crippen LogP contribution in [-0.2, 0) is 0 Å². The fourth-order valence-corrected chi connectivity index (χ4v) is 3.60. The van der Waals surface area contributed by atoms with E-state index in [4.69, 9.17) is 5.73 Å². The molecular formula is C23H20N8O2. The van der Waals surface area contributed by atoms with E-state index in [9.17, 15) is 9.59 Å². The Labute approximate surface area is 187 Å². The van der Waals surface area contributed by atoms with Gasteiger partial charge >= 0.3 is 0 Å². The van der Waals surface area contributed by atoms with Crippen LogP contribution in [0.2, 0.25) is 0 Å². The van der Waals surface area contributed by atoms with Gasteiger partial charge in [0, 0.05) is 35.5 Å². The number of H-pyrrole nitrogens is 2. The van der Waals surface area contributed by atoms with Crippen LogP contribution in [0.15, 0.2) is 72.2 Å². The fraction of sp³-hybridized carbons (Fsp3) is 0.0435. The van der Waals surface area contributed by atoms with Crippen molar-refractivity contribution in [2.24, 2.45) is 0 Å². The number of rotatable bonds is 5. The molecule has 0 spiro atoms. The van der Waals surface area contributed by atoms with Crippen molar-refractivity contribution in [3.63, 3.8) is 0 Å². The minimum absolute atomic E-state index is 0.273. The average Bonchev–Trinajstić information content (AvgIpc) is 3.48. The number of nitrogens with zero attached hydrogens (tertiary/aromatic N) is 3. The molecule has 0 saturated carbocycles. The van der Waals surface area contributed by atoms with Crippen molar-refractivity contribution in [1.82, 2.24) is 29.9 Å². The summed E-state index contributed by atoms with van der Waals surface area (Å²) in [6.45, 7) is 1.95. The molecular weight excluding hydrogens is 420 g/mol. The molecule has 164 valence electrons. The Kier molecular flexibility index (Phi) is 4.87. The number of nitrogens with one attached hydrogen (secondary N) is 4. The van der Waals surface area contributed by atoms with Gasteiger partial charge in [0.05, 0.1) is 23.0 Å². The second-order valence-electron chi connectivity index (χ2n) is 7.51. The van der Waals surface area contributed by atoms with E-state index in [1.54, 1.807) is 42.9 Å². The molecule has 1 amide bonds. The summed E-state index contributed by atoms with van der Waals surface area (Å²) in [5.41, 5.74) is 15.8. The first-order valence-electron chi connectivity index (χ1n) is 10.1. The molecule has 0 bridgehead atoms. The topological polar surface area (TPSA) is 147 Å². The Morgan fingerprint density at radius 1 is 1.15 bits per heavy atom. The van der Waals surface area contributed by atoms with Crippen LogP contribution in [0.4, 0.5) is 11.4 Å². The maximum absolute atomic E-state index is 12.7.